The third-order valence-corrected chi connectivity index (χ3v) is 3.10. The molecule has 0 radical (unpaired) electrons. The summed E-state index contributed by atoms with van der Waals surface area (Å²) in [7, 11) is 1.65. The Bertz CT molecular complexity index is 463. The average molecular weight is 253 g/mol. The van der Waals surface area contributed by atoms with Gasteiger partial charge < -0.3 is 10.1 Å². The van der Waals surface area contributed by atoms with Crippen molar-refractivity contribution in [3.63, 3.8) is 0 Å². The standard InChI is InChI=1S/C11H15N3O2S/c1-16-5-2-3-12-10(15)7-9-8-14-4-6-17-11(14)13-9/h4,6,8H,2-3,5,7H2,1H3,(H,12,15). The molecule has 0 atom stereocenters. The van der Waals surface area contributed by atoms with Crippen molar-refractivity contribution in [3.8, 4) is 0 Å². The number of methoxy groups -OCH3 is 1. The Morgan fingerprint density at radius 1 is 1.65 bits per heavy atom. The third-order valence-electron chi connectivity index (χ3n) is 2.33. The Balaban J connectivity index is 1.80. The number of hydrogen-bond donors (Lipinski definition) is 1. The summed E-state index contributed by atoms with van der Waals surface area (Å²) in [5.74, 6) is 0.00635. The first-order valence-corrected chi connectivity index (χ1v) is 6.34. The largest absolute Gasteiger partial charge is 0.385 e. The molecule has 2 rings (SSSR count). The maximum atomic E-state index is 11.6. The lowest BCUT2D eigenvalue weighted by Crippen LogP contribution is -2.26. The van der Waals surface area contributed by atoms with Crippen LogP contribution in [0.15, 0.2) is 17.8 Å². The van der Waals surface area contributed by atoms with Gasteiger partial charge in [0.25, 0.3) is 0 Å². The van der Waals surface area contributed by atoms with Gasteiger partial charge in [-0.1, -0.05) is 0 Å². The Kier molecular flexibility index (Phi) is 4.11. The number of carbonyl (C=O) groups is 1. The van der Waals surface area contributed by atoms with Crippen LogP contribution < -0.4 is 5.32 Å². The number of thiazole rings is 1. The van der Waals surface area contributed by atoms with Crippen LogP contribution in [0.1, 0.15) is 12.1 Å². The van der Waals surface area contributed by atoms with Crippen molar-refractivity contribution >= 4 is 22.2 Å². The summed E-state index contributed by atoms with van der Waals surface area (Å²) in [6.45, 7) is 1.31. The molecule has 2 heterocycles. The Morgan fingerprint density at radius 2 is 2.53 bits per heavy atom. The smallest absolute Gasteiger partial charge is 0.226 e. The van der Waals surface area contributed by atoms with Gasteiger partial charge in [0.2, 0.25) is 5.91 Å². The second-order valence-corrected chi connectivity index (χ2v) is 4.57. The van der Waals surface area contributed by atoms with Gasteiger partial charge in [-0.2, -0.15) is 0 Å². The lowest BCUT2D eigenvalue weighted by atomic mass is 10.3. The van der Waals surface area contributed by atoms with E-state index in [1.807, 2.05) is 22.2 Å². The number of carbonyl (C=O) groups excluding carboxylic acids is 1. The average Bonchev–Trinajstić information content (AvgIpc) is 2.84. The molecular formula is C11H15N3O2S. The van der Waals surface area contributed by atoms with E-state index in [4.69, 9.17) is 4.74 Å². The Hall–Kier alpha value is -1.40. The Morgan fingerprint density at radius 3 is 3.29 bits per heavy atom. The van der Waals surface area contributed by atoms with Crippen LogP contribution in [0.25, 0.3) is 4.96 Å². The zero-order valence-corrected chi connectivity index (χ0v) is 10.5. The molecule has 0 aliphatic heterocycles. The molecule has 2 aromatic rings. The summed E-state index contributed by atoms with van der Waals surface area (Å²) in [6, 6.07) is 0. The summed E-state index contributed by atoms with van der Waals surface area (Å²) in [5.41, 5.74) is 0.807. The zero-order valence-electron chi connectivity index (χ0n) is 9.68. The van der Waals surface area contributed by atoms with Crippen molar-refractivity contribution < 1.29 is 9.53 Å². The molecule has 92 valence electrons. The van der Waals surface area contributed by atoms with Gasteiger partial charge >= 0.3 is 0 Å². The van der Waals surface area contributed by atoms with E-state index in [0.717, 1.165) is 17.1 Å². The minimum atomic E-state index is 0.00635. The second kappa shape index (κ2) is 5.79. The first kappa shape index (κ1) is 12.1. The van der Waals surface area contributed by atoms with Crippen molar-refractivity contribution in [2.45, 2.75) is 12.8 Å². The molecule has 2 aromatic heterocycles. The van der Waals surface area contributed by atoms with Crippen LogP contribution in [0.3, 0.4) is 0 Å². The number of nitrogens with one attached hydrogen (secondary N) is 1. The van der Waals surface area contributed by atoms with Gasteiger partial charge in [-0.05, 0) is 6.42 Å². The highest BCUT2D eigenvalue weighted by Crippen LogP contribution is 2.11. The number of amides is 1. The fourth-order valence-corrected chi connectivity index (χ4v) is 2.25. The summed E-state index contributed by atoms with van der Waals surface area (Å²) in [4.78, 5) is 16.9. The normalized spacial score (nSPS) is 10.9. The van der Waals surface area contributed by atoms with E-state index in [9.17, 15) is 4.79 Å². The van der Waals surface area contributed by atoms with Crippen LogP contribution in [0, 0.1) is 0 Å². The van der Waals surface area contributed by atoms with Crippen molar-refractivity contribution in [2.24, 2.45) is 0 Å². The van der Waals surface area contributed by atoms with E-state index in [2.05, 4.69) is 10.3 Å². The van der Waals surface area contributed by atoms with E-state index >= 15 is 0 Å². The number of ether oxygens (including phenoxy) is 1. The van der Waals surface area contributed by atoms with Crippen molar-refractivity contribution in [1.29, 1.82) is 0 Å². The lowest BCUT2D eigenvalue weighted by Gasteiger charge is -2.02. The molecule has 0 unspecified atom stereocenters. The van der Waals surface area contributed by atoms with Crippen LogP contribution in [-0.2, 0) is 16.0 Å². The first-order chi connectivity index (χ1) is 8.29. The fraction of sp³-hybridized carbons (Fsp3) is 0.455. The van der Waals surface area contributed by atoms with E-state index < -0.39 is 0 Å². The van der Waals surface area contributed by atoms with E-state index in [-0.39, 0.29) is 5.91 Å². The van der Waals surface area contributed by atoms with Crippen LogP contribution in [0.4, 0.5) is 0 Å². The van der Waals surface area contributed by atoms with E-state index in [1.165, 1.54) is 0 Å². The quantitative estimate of drug-likeness (QED) is 0.784. The highest BCUT2D eigenvalue weighted by molar-refractivity contribution is 7.15. The first-order valence-electron chi connectivity index (χ1n) is 5.46. The molecule has 1 N–H and O–H groups in total. The minimum Gasteiger partial charge on any atom is -0.385 e. The van der Waals surface area contributed by atoms with Gasteiger partial charge in [0.15, 0.2) is 4.96 Å². The van der Waals surface area contributed by atoms with Gasteiger partial charge in [-0.3, -0.25) is 9.20 Å². The monoisotopic (exact) mass is 253 g/mol. The molecule has 0 saturated heterocycles. The molecule has 5 nitrogen and oxygen atoms in total. The number of fused-ring (bicyclic) bond motifs is 1. The van der Waals surface area contributed by atoms with Gasteiger partial charge in [0, 0.05) is 38.0 Å². The van der Waals surface area contributed by atoms with Crippen LogP contribution in [0.2, 0.25) is 0 Å². The molecule has 0 bridgehead atoms. The molecule has 1 amide bonds. The summed E-state index contributed by atoms with van der Waals surface area (Å²) in [6.07, 6.45) is 5.00. The van der Waals surface area contributed by atoms with Gasteiger partial charge in [0.1, 0.15) is 0 Å². The predicted octanol–water partition coefficient (Wildman–Crippen LogP) is 1.09. The van der Waals surface area contributed by atoms with Crippen molar-refractivity contribution in [1.82, 2.24) is 14.7 Å². The third kappa shape index (κ3) is 3.28. The highest BCUT2D eigenvalue weighted by atomic mass is 32.1. The SMILES string of the molecule is COCCCNC(=O)Cc1cn2ccsc2n1. The molecule has 0 spiro atoms. The number of nitrogens with zero attached hydrogens (tertiary/aromatic N) is 2. The highest BCUT2D eigenvalue weighted by Gasteiger charge is 2.07. The van der Waals surface area contributed by atoms with E-state index in [1.54, 1.807) is 18.4 Å². The summed E-state index contributed by atoms with van der Waals surface area (Å²) in [5, 5.41) is 4.81. The molecule has 17 heavy (non-hydrogen) atoms. The molecule has 0 aliphatic carbocycles. The van der Waals surface area contributed by atoms with Crippen LogP contribution in [-0.4, -0.2) is 35.6 Å². The maximum Gasteiger partial charge on any atom is 0.226 e. The fourth-order valence-electron chi connectivity index (χ4n) is 1.53. The van der Waals surface area contributed by atoms with Crippen LogP contribution >= 0.6 is 11.3 Å². The molecule has 0 fully saturated rings. The number of hydrogen-bond acceptors (Lipinski definition) is 4. The molecular weight excluding hydrogens is 238 g/mol. The van der Waals surface area contributed by atoms with Gasteiger partial charge in [-0.25, -0.2) is 4.98 Å². The van der Waals surface area contributed by atoms with Crippen molar-refractivity contribution in [2.75, 3.05) is 20.3 Å². The predicted molar refractivity (Wildman–Crippen MR) is 66.3 cm³/mol. The molecule has 0 aromatic carbocycles. The maximum absolute atomic E-state index is 11.6. The minimum absolute atomic E-state index is 0.00635. The Labute approximate surface area is 103 Å². The number of aromatic nitrogens is 2. The van der Waals surface area contributed by atoms with Crippen LogP contribution in [0.5, 0.6) is 0 Å². The summed E-state index contributed by atoms with van der Waals surface area (Å²) < 4.78 is 6.83. The number of imidazole rings is 1. The lowest BCUT2D eigenvalue weighted by molar-refractivity contribution is -0.120. The van der Waals surface area contributed by atoms with Gasteiger partial charge in [0.05, 0.1) is 12.1 Å². The van der Waals surface area contributed by atoms with Gasteiger partial charge in [-0.15, -0.1) is 11.3 Å². The summed E-state index contributed by atoms with van der Waals surface area (Å²) >= 11 is 1.56. The van der Waals surface area contributed by atoms with E-state index in [0.29, 0.717) is 19.6 Å². The van der Waals surface area contributed by atoms with Crippen molar-refractivity contribution in [3.05, 3.63) is 23.5 Å². The second-order valence-electron chi connectivity index (χ2n) is 3.70. The topological polar surface area (TPSA) is 55.6 Å². The molecule has 0 saturated carbocycles. The molecule has 0 aliphatic rings. The number of rotatable bonds is 6. The zero-order chi connectivity index (χ0) is 12.1. The molecule has 6 heteroatoms.